The van der Waals surface area contributed by atoms with E-state index in [9.17, 15) is 18.0 Å². The van der Waals surface area contributed by atoms with Crippen molar-refractivity contribution < 1.29 is 22.7 Å². The lowest BCUT2D eigenvalue weighted by Gasteiger charge is -2.37. The van der Waals surface area contributed by atoms with Crippen LogP contribution in [0.3, 0.4) is 0 Å². The van der Waals surface area contributed by atoms with Gasteiger partial charge in [0.2, 0.25) is 5.91 Å². The van der Waals surface area contributed by atoms with Crippen LogP contribution in [0.2, 0.25) is 0 Å². The monoisotopic (exact) mass is 304 g/mol. The Morgan fingerprint density at radius 2 is 2.05 bits per heavy atom. The lowest BCUT2D eigenvalue weighted by molar-refractivity contribution is -0.192. The zero-order valence-electron chi connectivity index (χ0n) is 11.2. The minimum absolute atomic E-state index is 0. The van der Waals surface area contributed by atoms with Crippen molar-refractivity contribution in [2.24, 2.45) is 11.7 Å². The second kappa shape index (κ2) is 6.28. The molecule has 19 heavy (non-hydrogen) atoms. The number of rotatable bonds is 3. The number of hydrogen-bond donors (Lipinski definition) is 1. The number of likely N-dealkylation sites (tertiary alicyclic amines) is 1. The summed E-state index contributed by atoms with van der Waals surface area (Å²) in [6, 6.07) is -0.916. The maximum atomic E-state index is 12.8. The van der Waals surface area contributed by atoms with Crippen molar-refractivity contribution in [3.05, 3.63) is 0 Å². The molecule has 114 valence electrons. The summed E-state index contributed by atoms with van der Waals surface area (Å²) >= 11 is 0. The van der Waals surface area contributed by atoms with Crippen LogP contribution >= 0.6 is 12.4 Å². The van der Waals surface area contributed by atoms with Gasteiger partial charge in [0.1, 0.15) is 6.04 Å². The van der Waals surface area contributed by atoms with Gasteiger partial charge in [-0.1, -0.05) is 0 Å². The number of amides is 1. The van der Waals surface area contributed by atoms with E-state index in [1.54, 1.807) is 0 Å². The summed E-state index contributed by atoms with van der Waals surface area (Å²) < 4.78 is 43.3. The molecule has 2 unspecified atom stereocenters. The second-order valence-corrected chi connectivity index (χ2v) is 5.09. The molecule has 0 saturated carbocycles. The molecule has 1 aliphatic rings. The second-order valence-electron chi connectivity index (χ2n) is 5.09. The number of halogens is 4. The number of hydrogen-bond acceptors (Lipinski definition) is 3. The van der Waals surface area contributed by atoms with Gasteiger partial charge in [-0.15, -0.1) is 12.4 Å². The zero-order chi connectivity index (χ0) is 14.1. The van der Waals surface area contributed by atoms with Crippen molar-refractivity contribution in [2.45, 2.75) is 38.0 Å². The van der Waals surface area contributed by atoms with Gasteiger partial charge in [-0.25, -0.2) is 0 Å². The molecule has 1 rings (SSSR count). The average Bonchev–Trinajstić information content (AvgIpc) is 2.52. The van der Waals surface area contributed by atoms with E-state index < -0.39 is 29.6 Å². The molecule has 2 atom stereocenters. The maximum absolute atomic E-state index is 12.8. The van der Waals surface area contributed by atoms with Gasteiger partial charge in [-0.05, 0) is 20.3 Å². The molecular formula is C11H20ClF3N2O2. The molecule has 0 radical (unpaired) electrons. The first kappa shape index (κ1) is 18.5. The molecule has 0 aromatic heterocycles. The van der Waals surface area contributed by atoms with Gasteiger partial charge < -0.3 is 15.4 Å². The van der Waals surface area contributed by atoms with Gasteiger partial charge in [0.25, 0.3) is 0 Å². The number of nitrogens with zero attached hydrogens (tertiary/aromatic N) is 1. The third kappa shape index (κ3) is 3.73. The van der Waals surface area contributed by atoms with Crippen LogP contribution in [0.4, 0.5) is 13.2 Å². The van der Waals surface area contributed by atoms with E-state index >= 15 is 0 Å². The molecule has 1 heterocycles. The molecular weight excluding hydrogens is 285 g/mol. The topological polar surface area (TPSA) is 55.6 Å². The van der Waals surface area contributed by atoms with Gasteiger partial charge in [0.05, 0.1) is 12.5 Å². The number of carbonyl (C=O) groups excluding carboxylic acids is 1. The molecule has 1 fully saturated rings. The number of methoxy groups -OCH3 is 1. The smallest absolute Gasteiger partial charge is 0.383 e. The molecule has 0 aliphatic carbocycles. The number of ether oxygens (including phenoxy) is 1. The summed E-state index contributed by atoms with van der Waals surface area (Å²) in [6.45, 7) is 2.93. The molecule has 2 N–H and O–H groups in total. The highest BCUT2D eigenvalue weighted by Gasteiger charge is 2.56. The third-order valence-corrected chi connectivity index (χ3v) is 3.51. The first-order valence-corrected chi connectivity index (χ1v) is 5.75. The first-order valence-electron chi connectivity index (χ1n) is 5.75. The Labute approximate surface area is 116 Å². The zero-order valence-corrected chi connectivity index (χ0v) is 12.0. The summed E-state index contributed by atoms with van der Waals surface area (Å²) in [5.41, 5.74) is 4.32. The summed E-state index contributed by atoms with van der Waals surface area (Å²) in [7, 11) is 1.39. The molecule has 8 heteroatoms. The summed E-state index contributed by atoms with van der Waals surface area (Å²) in [5, 5.41) is 0. The first-order chi connectivity index (χ1) is 8.12. The van der Waals surface area contributed by atoms with E-state index in [1.807, 2.05) is 0 Å². The Hall–Kier alpha value is -0.530. The lowest BCUT2D eigenvalue weighted by atomic mass is 9.87. The minimum Gasteiger partial charge on any atom is -0.383 e. The molecule has 1 aliphatic heterocycles. The van der Waals surface area contributed by atoms with Crippen molar-refractivity contribution in [2.75, 3.05) is 20.3 Å². The fraction of sp³-hybridized carbons (Fsp3) is 0.909. The van der Waals surface area contributed by atoms with Crippen molar-refractivity contribution in [3.8, 4) is 0 Å². The number of carbonyl (C=O) groups is 1. The normalized spacial score (nSPS) is 23.9. The quantitative estimate of drug-likeness (QED) is 0.861. The maximum Gasteiger partial charge on any atom is 0.394 e. The minimum atomic E-state index is -4.30. The Kier molecular flexibility index (Phi) is 6.10. The Morgan fingerprint density at radius 1 is 1.53 bits per heavy atom. The standard InChI is InChI=1S/C11H19F3N2O2.ClH/c1-10(2)8(11(12,13)14)4-5-16(10)9(17)7(15)6-18-3;/h7-8H,4-6,15H2,1-3H3;1H. The highest BCUT2D eigenvalue weighted by atomic mass is 35.5. The highest BCUT2D eigenvalue weighted by Crippen LogP contribution is 2.44. The number of alkyl halides is 3. The molecule has 0 bridgehead atoms. The Morgan fingerprint density at radius 3 is 2.42 bits per heavy atom. The molecule has 0 aromatic rings. The highest BCUT2D eigenvalue weighted by molar-refractivity contribution is 5.85. The molecule has 0 spiro atoms. The van der Waals surface area contributed by atoms with Crippen molar-refractivity contribution in [1.82, 2.24) is 4.90 Å². The predicted octanol–water partition coefficient (Wildman–Crippen LogP) is 1.57. The van der Waals surface area contributed by atoms with Gasteiger partial charge in [-0.2, -0.15) is 13.2 Å². The Bertz CT molecular complexity index is 324. The van der Waals surface area contributed by atoms with E-state index in [0.29, 0.717) is 0 Å². The molecule has 0 aromatic carbocycles. The van der Waals surface area contributed by atoms with Crippen LogP contribution in [0.5, 0.6) is 0 Å². The van der Waals surface area contributed by atoms with E-state index in [1.165, 1.54) is 25.9 Å². The number of nitrogens with two attached hydrogens (primary N) is 1. The van der Waals surface area contributed by atoms with Crippen molar-refractivity contribution in [1.29, 1.82) is 0 Å². The van der Waals surface area contributed by atoms with Crippen LogP contribution in [0.25, 0.3) is 0 Å². The van der Waals surface area contributed by atoms with Gasteiger partial charge in [-0.3, -0.25) is 4.79 Å². The van der Waals surface area contributed by atoms with E-state index in [2.05, 4.69) is 0 Å². The fourth-order valence-electron chi connectivity index (χ4n) is 2.50. The fourth-order valence-corrected chi connectivity index (χ4v) is 2.50. The summed E-state index contributed by atoms with van der Waals surface area (Å²) in [4.78, 5) is 13.2. The van der Waals surface area contributed by atoms with Crippen LogP contribution in [0.15, 0.2) is 0 Å². The van der Waals surface area contributed by atoms with Gasteiger partial charge >= 0.3 is 6.18 Å². The third-order valence-electron chi connectivity index (χ3n) is 3.51. The summed E-state index contributed by atoms with van der Waals surface area (Å²) in [6.07, 6.45) is -4.38. The molecule has 1 amide bonds. The van der Waals surface area contributed by atoms with Crippen LogP contribution < -0.4 is 5.73 Å². The van der Waals surface area contributed by atoms with Crippen LogP contribution in [-0.2, 0) is 9.53 Å². The molecule has 4 nitrogen and oxygen atoms in total. The summed E-state index contributed by atoms with van der Waals surface area (Å²) in [5.74, 6) is -2.00. The van der Waals surface area contributed by atoms with E-state index in [4.69, 9.17) is 10.5 Å². The van der Waals surface area contributed by atoms with Crippen molar-refractivity contribution >= 4 is 18.3 Å². The largest absolute Gasteiger partial charge is 0.394 e. The van der Waals surface area contributed by atoms with E-state index in [0.717, 1.165) is 0 Å². The molecule has 1 saturated heterocycles. The van der Waals surface area contributed by atoms with Gasteiger partial charge in [0, 0.05) is 19.2 Å². The van der Waals surface area contributed by atoms with Crippen molar-refractivity contribution in [3.63, 3.8) is 0 Å². The SMILES string of the molecule is COCC(N)C(=O)N1CCC(C(F)(F)F)C1(C)C.Cl. The van der Waals surface area contributed by atoms with Crippen LogP contribution in [0, 0.1) is 5.92 Å². The average molecular weight is 305 g/mol. The van der Waals surface area contributed by atoms with E-state index in [-0.39, 0.29) is 32.0 Å². The Balaban J connectivity index is 0.00000324. The van der Waals surface area contributed by atoms with Crippen LogP contribution in [0.1, 0.15) is 20.3 Å². The van der Waals surface area contributed by atoms with Gasteiger partial charge in [0.15, 0.2) is 0 Å². The van der Waals surface area contributed by atoms with Crippen LogP contribution in [-0.4, -0.2) is 48.8 Å². The lowest BCUT2D eigenvalue weighted by Crippen LogP contribution is -2.55. The predicted molar refractivity (Wildman–Crippen MR) is 67.1 cm³/mol.